The van der Waals surface area contributed by atoms with Crippen LogP contribution in [0.2, 0.25) is 0 Å². The van der Waals surface area contributed by atoms with Crippen LogP contribution < -0.4 is 0 Å². The molecule has 0 aliphatic carbocycles. The highest BCUT2D eigenvalue weighted by Crippen LogP contribution is 2.27. The Bertz CT molecular complexity index is 637. The van der Waals surface area contributed by atoms with Gasteiger partial charge in [0.2, 0.25) is 5.91 Å². The minimum atomic E-state index is -0.534. The summed E-state index contributed by atoms with van der Waals surface area (Å²) in [6.07, 6.45) is 0. The summed E-state index contributed by atoms with van der Waals surface area (Å²) in [5.41, 5.74) is 0.887. The fourth-order valence-corrected chi connectivity index (χ4v) is 2.38. The van der Waals surface area contributed by atoms with Crippen molar-refractivity contribution in [3.8, 4) is 6.07 Å². The van der Waals surface area contributed by atoms with Crippen LogP contribution in [-0.4, -0.2) is 17.4 Å². The van der Waals surface area contributed by atoms with Crippen LogP contribution in [0.4, 0.5) is 0 Å². The normalized spacial score (nSPS) is 11.8. The number of fused-ring (bicyclic) bond motifs is 1. The average Bonchev–Trinajstić information content (AvgIpc) is 2.43. The summed E-state index contributed by atoms with van der Waals surface area (Å²) in [5.74, 6) is -0.0815. The molecule has 0 radical (unpaired) electrons. The Labute approximate surface area is 113 Å². The van der Waals surface area contributed by atoms with E-state index in [9.17, 15) is 10.1 Å². The van der Waals surface area contributed by atoms with Gasteiger partial charge in [0.1, 0.15) is 6.04 Å². The molecule has 0 saturated heterocycles. The molecule has 2 aromatic carbocycles. The summed E-state index contributed by atoms with van der Waals surface area (Å²) in [7, 11) is 0. The molecular weight excluding hydrogens is 236 g/mol. The summed E-state index contributed by atoms with van der Waals surface area (Å²) in [4.78, 5) is 13.2. The van der Waals surface area contributed by atoms with Gasteiger partial charge in [-0.15, -0.1) is 0 Å². The summed E-state index contributed by atoms with van der Waals surface area (Å²) in [6.45, 7) is 3.91. The van der Waals surface area contributed by atoms with Gasteiger partial charge in [0.15, 0.2) is 0 Å². The van der Waals surface area contributed by atoms with E-state index in [1.165, 1.54) is 6.92 Å². The molecule has 2 rings (SSSR count). The lowest BCUT2D eigenvalue weighted by atomic mass is 9.98. The minimum Gasteiger partial charge on any atom is -0.323 e. The average molecular weight is 252 g/mol. The standard InChI is InChI=1S/C16H16N2O/c1-3-18(12(2)19)16(11-17)15-10-6-8-13-7-4-5-9-14(13)15/h4-10,16H,3H2,1-2H3. The van der Waals surface area contributed by atoms with Crippen molar-refractivity contribution in [1.82, 2.24) is 4.90 Å². The van der Waals surface area contributed by atoms with Crippen LogP contribution in [0.3, 0.4) is 0 Å². The first kappa shape index (κ1) is 13.1. The molecule has 1 amide bonds. The van der Waals surface area contributed by atoms with Gasteiger partial charge in [0, 0.05) is 13.5 Å². The van der Waals surface area contributed by atoms with E-state index in [0.717, 1.165) is 16.3 Å². The molecule has 0 aliphatic heterocycles. The molecule has 96 valence electrons. The first-order chi connectivity index (χ1) is 9.19. The molecule has 1 unspecified atom stereocenters. The zero-order valence-electron chi connectivity index (χ0n) is 11.1. The molecule has 1 atom stereocenters. The fourth-order valence-electron chi connectivity index (χ4n) is 2.38. The zero-order valence-corrected chi connectivity index (χ0v) is 11.1. The van der Waals surface area contributed by atoms with E-state index in [1.807, 2.05) is 49.4 Å². The third-order valence-corrected chi connectivity index (χ3v) is 3.30. The molecule has 0 aromatic heterocycles. The second kappa shape index (κ2) is 5.53. The van der Waals surface area contributed by atoms with Crippen LogP contribution in [-0.2, 0) is 4.79 Å². The Hall–Kier alpha value is -2.34. The van der Waals surface area contributed by atoms with E-state index in [0.29, 0.717) is 6.54 Å². The van der Waals surface area contributed by atoms with E-state index in [4.69, 9.17) is 0 Å². The lowest BCUT2D eigenvalue weighted by molar-refractivity contribution is -0.130. The Morgan fingerprint density at radius 1 is 1.26 bits per heavy atom. The molecule has 0 saturated carbocycles. The second-order valence-corrected chi connectivity index (χ2v) is 4.41. The predicted octanol–water partition coefficient (Wildman–Crippen LogP) is 3.27. The van der Waals surface area contributed by atoms with Gasteiger partial charge in [0.05, 0.1) is 6.07 Å². The maximum Gasteiger partial charge on any atom is 0.220 e. The summed E-state index contributed by atoms with van der Waals surface area (Å²) < 4.78 is 0. The van der Waals surface area contributed by atoms with Gasteiger partial charge in [-0.1, -0.05) is 42.5 Å². The van der Waals surface area contributed by atoms with Gasteiger partial charge < -0.3 is 4.90 Å². The summed E-state index contributed by atoms with van der Waals surface area (Å²) in [5, 5.41) is 11.6. The Morgan fingerprint density at radius 3 is 2.58 bits per heavy atom. The zero-order chi connectivity index (χ0) is 13.8. The quantitative estimate of drug-likeness (QED) is 0.841. The third kappa shape index (κ3) is 2.43. The van der Waals surface area contributed by atoms with E-state index in [-0.39, 0.29) is 5.91 Å². The van der Waals surface area contributed by atoms with Crippen molar-refractivity contribution in [2.75, 3.05) is 6.54 Å². The van der Waals surface area contributed by atoms with Crippen molar-refractivity contribution < 1.29 is 4.79 Å². The van der Waals surface area contributed by atoms with Crippen molar-refractivity contribution in [1.29, 1.82) is 5.26 Å². The van der Waals surface area contributed by atoms with Crippen molar-refractivity contribution in [2.45, 2.75) is 19.9 Å². The van der Waals surface area contributed by atoms with E-state index >= 15 is 0 Å². The number of hydrogen-bond donors (Lipinski definition) is 0. The van der Waals surface area contributed by atoms with Crippen LogP contribution in [0.1, 0.15) is 25.5 Å². The highest BCUT2D eigenvalue weighted by Gasteiger charge is 2.22. The molecule has 0 fully saturated rings. The molecule has 2 aromatic rings. The van der Waals surface area contributed by atoms with Gasteiger partial charge in [0.25, 0.3) is 0 Å². The fraction of sp³-hybridized carbons (Fsp3) is 0.250. The molecule has 0 bridgehead atoms. The van der Waals surface area contributed by atoms with Gasteiger partial charge in [-0.25, -0.2) is 0 Å². The van der Waals surface area contributed by atoms with Gasteiger partial charge in [-0.2, -0.15) is 5.26 Å². The number of nitriles is 1. The van der Waals surface area contributed by atoms with Crippen LogP contribution in [0.15, 0.2) is 42.5 Å². The van der Waals surface area contributed by atoms with Crippen molar-refractivity contribution >= 4 is 16.7 Å². The summed E-state index contributed by atoms with van der Waals surface area (Å²) >= 11 is 0. The van der Waals surface area contributed by atoms with E-state index in [1.54, 1.807) is 4.90 Å². The van der Waals surface area contributed by atoms with Crippen molar-refractivity contribution in [2.24, 2.45) is 0 Å². The number of benzene rings is 2. The third-order valence-electron chi connectivity index (χ3n) is 3.30. The van der Waals surface area contributed by atoms with Crippen molar-refractivity contribution in [3.05, 3.63) is 48.0 Å². The first-order valence-electron chi connectivity index (χ1n) is 6.33. The lowest BCUT2D eigenvalue weighted by Gasteiger charge is -2.25. The van der Waals surface area contributed by atoms with Gasteiger partial charge >= 0.3 is 0 Å². The molecule has 3 nitrogen and oxygen atoms in total. The molecule has 0 spiro atoms. The van der Waals surface area contributed by atoms with E-state index in [2.05, 4.69) is 6.07 Å². The molecule has 3 heteroatoms. The first-order valence-corrected chi connectivity index (χ1v) is 6.33. The Morgan fingerprint density at radius 2 is 1.95 bits per heavy atom. The Kier molecular flexibility index (Phi) is 3.82. The topological polar surface area (TPSA) is 44.1 Å². The molecule has 0 N–H and O–H groups in total. The molecule has 0 aliphatic rings. The highest BCUT2D eigenvalue weighted by atomic mass is 16.2. The smallest absolute Gasteiger partial charge is 0.220 e. The number of hydrogen-bond acceptors (Lipinski definition) is 2. The van der Waals surface area contributed by atoms with Crippen LogP contribution in [0, 0.1) is 11.3 Å². The monoisotopic (exact) mass is 252 g/mol. The minimum absolute atomic E-state index is 0.0815. The largest absolute Gasteiger partial charge is 0.323 e. The highest BCUT2D eigenvalue weighted by molar-refractivity contribution is 5.87. The van der Waals surface area contributed by atoms with Crippen LogP contribution in [0.5, 0.6) is 0 Å². The molecule has 0 heterocycles. The number of carbonyl (C=O) groups is 1. The van der Waals surface area contributed by atoms with Gasteiger partial charge in [-0.3, -0.25) is 4.79 Å². The van der Waals surface area contributed by atoms with E-state index < -0.39 is 6.04 Å². The number of carbonyl (C=O) groups excluding carboxylic acids is 1. The number of rotatable bonds is 3. The Balaban J connectivity index is 2.59. The van der Waals surface area contributed by atoms with Gasteiger partial charge in [-0.05, 0) is 23.3 Å². The summed E-state index contributed by atoms with van der Waals surface area (Å²) in [6, 6.07) is 15.5. The lowest BCUT2D eigenvalue weighted by Crippen LogP contribution is -2.32. The molecular formula is C16H16N2O. The SMILES string of the molecule is CCN(C(C)=O)C(C#N)c1cccc2ccccc12. The maximum absolute atomic E-state index is 11.7. The van der Waals surface area contributed by atoms with Crippen LogP contribution in [0.25, 0.3) is 10.8 Å². The second-order valence-electron chi connectivity index (χ2n) is 4.41. The number of amides is 1. The number of nitrogens with zero attached hydrogens (tertiary/aromatic N) is 2. The predicted molar refractivity (Wildman–Crippen MR) is 75.4 cm³/mol. The van der Waals surface area contributed by atoms with Crippen LogP contribution >= 0.6 is 0 Å². The molecule has 19 heavy (non-hydrogen) atoms. The maximum atomic E-state index is 11.7. The van der Waals surface area contributed by atoms with Crippen molar-refractivity contribution in [3.63, 3.8) is 0 Å².